The van der Waals surface area contributed by atoms with Crippen LogP contribution in [0.4, 0.5) is 0 Å². The summed E-state index contributed by atoms with van der Waals surface area (Å²) in [7, 11) is 3.59. The van der Waals surface area contributed by atoms with Gasteiger partial charge < -0.3 is 20.1 Å². The van der Waals surface area contributed by atoms with Crippen molar-refractivity contribution >= 4 is 0 Å². The average Bonchev–Trinajstić information content (AvgIpc) is 2.89. The van der Waals surface area contributed by atoms with E-state index in [-0.39, 0.29) is 0 Å². The van der Waals surface area contributed by atoms with E-state index in [9.17, 15) is 0 Å². The molecule has 4 heteroatoms. The number of hydrogen-bond donors (Lipinski definition) is 2. The predicted octanol–water partition coefficient (Wildman–Crippen LogP) is 5.90. The molecule has 0 amide bonds. The summed E-state index contributed by atoms with van der Waals surface area (Å²) in [5, 5.41) is 7.36. The van der Waals surface area contributed by atoms with Crippen molar-refractivity contribution in [3.8, 4) is 11.5 Å². The molecule has 186 valence electrons. The minimum atomic E-state index is 0.928. The topological polar surface area (TPSA) is 42.5 Å². The molecule has 2 N–H and O–H groups in total. The second-order valence-corrected chi connectivity index (χ2v) is 9.95. The van der Waals surface area contributed by atoms with Crippen LogP contribution in [0.15, 0.2) is 24.3 Å². The van der Waals surface area contributed by atoms with Crippen LogP contribution in [0.5, 0.6) is 11.5 Å². The summed E-state index contributed by atoms with van der Waals surface area (Å²) < 4.78 is 11.3. The molecule has 0 spiro atoms. The van der Waals surface area contributed by atoms with Gasteiger partial charge in [-0.1, -0.05) is 25.0 Å². The van der Waals surface area contributed by atoms with Gasteiger partial charge in [0, 0.05) is 24.2 Å². The van der Waals surface area contributed by atoms with Crippen LogP contribution in [0.2, 0.25) is 0 Å². The molecule has 0 radical (unpaired) electrons. The van der Waals surface area contributed by atoms with Gasteiger partial charge in [0.2, 0.25) is 0 Å². The molecule has 0 aliphatic heterocycles. The van der Waals surface area contributed by atoms with Crippen molar-refractivity contribution in [2.75, 3.05) is 27.3 Å². The highest BCUT2D eigenvalue weighted by Gasteiger charge is 2.17. The van der Waals surface area contributed by atoms with Crippen molar-refractivity contribution in [2.45, 2.75) is 90.1 Å². The molecule has 0 bridgehead atoms. The Kier molecular flexibility index (Phi) is 9.70. The minimum Gasteiger partial charge on any atom is -0.496 e. The van der Waals surface area contributed by atoms with E-state index in [2.05, 4.69) is 34.9 Å². The van der Waals surface area contributed by atoms with Gasteiger partial charge in [0.05, 0.1) is 14.2 Å². The lowest BCUT2D eigenvalue weighted by Gasteiger charge is -2.22. The first-order valence-electron chi connectivity index (χ1n) is 13.6. The fourth-order valence-corrected chi connectivity index (χ4v) is 5.82. The molecule has 4 rings (SSSR count). The zero-order chi connectivity index (χ0) is 23.6. The quantitative estimate of drug-likeness (QED) is 0.362. The monoisotopic (exact) mass is 464 g/mol. The van der Waals surface area contributed by atoms with Crippen molar-refractivity contribution < 1.29 is 9.47 Å². The summed E-state index contributed by atoms with van der Waals surface area (Å²) in [6.07, 6.45) is 15.1. The number of aryl methyl sites for hydroxylation is 2. The zero-order valence-corrected chi connectivity index (χ0v) is 21.4. The molecule has 4 nitrogen and oxygen atoms in total. The highest BCUT2D eigenvalue weighted by atomic mass is 16.5. The third-order valence-corrected chi connectivity index (χ3v) is 7.72. The van der Waals surface area contributed by atoms with Gasteiger partial charge in [-0.05, 0) is 112 Å². The summed E-state index contributed by atoms with van der Waals surface area (Å²) in [6.45, 7) is 4.01. The molecule has 2 aromatic carbocycles. The Morgan fingerprint density at radius 1 is 0.588 bits per heavy atom. The lowest BCUT2D eigenvalue weighted by atomic mass is 9.87. The van der Waals surface area contributed by atoms with Crippen LogP contribution < -0.4 is 20.1 Å². The van der Waals surface area contributed by atoms with Crippen molar-refractivity contribution in [1.29, 1.82) is 0 Å². The molecule has 0 unspecified atom stereocenters. The normalized spacial score (nSPS) is 15.0. The van der Waals surface area contributed by atoms with E-state index < -0.39 is 0 Å². The first-order valence-corrected chi connectivity index (χ1v) is 13.6. The third-order valence-electron chi connectivity index (χ3n) is 7.72. The maximum Gasteiger partial charge on any atom is 0.123 e. The maximum atomic E-state index is 5.67. The largest absolute Gasteiger partial charge is 0.496 e. The SMILES string of the molecule is COc1ccc2c(c1CNCCCCCCNCc1c(OC)ccc3c1CCCC3)CCCC2. The number of unbranched alkanes of at least 4 members (excludes halogenated alkanes) is 3. The molecule has 0 heterocycles. The smallest absolute Gasteiger partial charge is 0.123 e. The molecule has 0 aromatic heterocycles. The van der Waals surface area contributed by atoms with Gasteiger partial charge >= 0.3 is 0 Å². The van der Waals surface area contributed by atoms with E-state index in [1.54, 1.807) is 25.3 Å². The number of fused-ring (bicyclic) bond motifs is 2. The van der Waals surface area contributed by atoms with E-state index >= 15 is 0 Å². The first-order chi connectivity index (χ1) is 16.8. The van der Waals surface area contributed by atoms with Crippen molar-refractivity contribution in [3.63, 3.8) is 0 Å². The molecule has 0 saturated carbocycles. The number of hydrogen-bond acceptors (Lipinski definition) is 4. The fourth-order valence-electron chi connectivity index (χ4n) is 5.82. The molecular weight excluding hydrogens is 420 g/mol. The van der Waals surface area contributed by atoms with E-state index in [1.165, 1.54) is 99.3 Å². The molecule has 0 saturated heterocycles. The van der Waals surface area contributed by atoms with Gasteiger partial charge in [0.15, 0.2) is 0 Å². The lowest BCUT2D eigenvalue weighted by Crippen LogP contribution is -2.19. The molecule has 0 atom stereocenters. The second-order valence-electron chi connectivity index (χ2n) is 9.95. The molecule has 0 fully saturated rings. The Morgan fingerprint density at radius 2 is 1.03 bits per heavy atom. The third kappa shape index (κ3) is 6.34. The van der Waals surface area contributed by atoms with Crippen molar-refractivity contribution in [2.24, 2.45) is 0 Å². The number of benzene rings is 2. The molecular formula is C30H44N2O2. The van der Waals surface area contributed by atoms with Crippen LogP contribution in [-0.2, 0) is 38.8 Å². The Hall–Kier alpha value is -2.04. The summed E-state index contributed by atoms with van der Waals surface area (Å²) in [6, 6.07) is 8.87. The van der Waals surface area contributed by atoms with Crippen LogP contribution >= 0.6 is 0 Å². The number of rotatable bonds is 13. The van der Waals surface area contributed by atoms with Crippen LogP contribution in [0.1, 0.15) is 84.7 Å². The maximum absolute atomic E-state index is 5.67. The number of ether oxygens (including phenoxy) is 2. The molecule has 2 aliphatic carbocycles. The minimum absolute atomic E-state index is 0.928. The van der Waals surface area contributed by atoms with Crippen LogP contribution in [0, 0.1) is 0 Å². The zero-order valence-electron chi connectivity index (χ0n) is 21.4. The van der Waals surface area contributed by atoms with Gasteiger partial charge in [-0.25, -0.2) is 0 Å². The van der Waals surface area contributed by atoms with Gasteiger partial charge in [0.1, 0.15) is 11.5 Å². The fraction of sp³-hybridized carbons (Fsp3) is 0.600. The van der Waals surface area contributed by atoms with Crippen molar-refractivity contribution in [3.05, 3.63) is 57.6 Å². The molecule has 34 heavy (non-hydrogen) atoms. The Labute approximate surface area is 206 Å². The van der Waals surface area contributed by atoms with Crippen molar-refractivity contribution in [1.82, 2.24) is 10.6 Å². The van der Waals surface area contributed by atoms with Gasteiger partial charge in [-0.15, -0.1) is 0 Å². The highest BCUT2D eigenvalue weighted by molar-refractivity contribution is 5.47. The predicted molar refractivity (Wildman–Crippen MR) is 141 cm³/mol. The average molecular weight is 465 g/mol. The highest BCUT2D eigenvalue weighted by Crippen LogP contribution is 2.32. The Bertz CT molecular complexity index is 849. The van der Waals surface area contributed by atoms with Gasteiger partial charge in [-0.2, -0.15) is 0 Å². The van der Waals surface area contributed by atoms with Crippen LogP contribution in [0.3, 0.4) is 0 Å². The number of nitrogens with one attached hydrogen (secondary N) is 2. The Morgan fingerprint density at radius 3 is 1.47 bits per heavy atom. The van der Waals surface area contributed by atoms with Crippen LogP contribution in [-0.4, -0.2) is 27.3 Å². The lowest BCUT2D eigenvalue weighted by molar-refractivity contribution is 0.405. The van der Waals surface area contributed by atoms with Gasteiger partial charge in [0.25, 0.3) is 0 Å². The Balaban J connectivity index is 1.12. The van der Waals surface area contributed by atoms with E-state index in [0.29, 0.717) is 0 Å². The number of methoxy groups -OCH3 is 2. The van der Waals surface area contributed by atoms with Crippen LogP contribution in [0.25, 0.3) is 0 Å². The summed E-state index contributed by atoms with van der Waals surface area (Å²) in [5.41, 5.74) is 8.93. The standard InChI is InChI=1S/C30H44N2O2/c1-33-29-17-15-23-11-5-7-13-25(23)27(29)21-31-19-9-3-4-10-20-32-22-28-26-14-8-6-12-24(26)16-18-30(28)34-2/h15-18,31-32H,3-14,19-22H2,1-2H3. The summed E-state index contributed by atoms with van der Waals surface area (Å²) in [4.78, 5) is 0. The summed E-state index contributed by atoms with van der Waals surface area (Å²) >= 11 is 0. The van der Waals surface area contributed by atoms with E-state index in [4.69, 9.17) is 9.47 Å². The summed E-state index contributed by atoms with van der Waals surface area (Å²) in [5.74, 6) is 2.10. The second kappa shape index (κ2) is 13.2. The molecule has 2 aromatic rings. The van der Waals surface area contributed by atoms with E-state index in [0.717, 1.165) is 37.7 Å². The van der Waals surface area contributed by atoms with E-state index in [1.807, 2.05) is 0 Å². The van der Waals surface area contributed by atoms with Gasteiger partial charge in [-0.3, -0.25) is 0 Å². The first kappa shape index (κ1) is 25.1. The molecule has 2 aliphatic rings.